The second-order valence-corrected chi connectivity index (χ2v) is 23.1. The number of likely N-dealkylation sites (N-methyl/N-ethyl adjacent to an activating group) is 1. The zero-order valence-corrected chi connectivity index (χ0v) is 48.3. The van der Waals surface area contributed by atoms with Crippen molar-refractivity contribution in [3.05, 3.63) is 60.8 Å². The van der Waals surface area contributed by atoms with E-state index < -0.39 is 20.0 Å². The van der Waals surface area contributed by atoms with E-state index in [0.717, 1.165) is 77.0 Å². The first-order chi connectivity index (χ1) is 34.5. The van der Waals surface area contributed by atoms with Gasteiger partial charge in [0.05, 0.1) is 39.9 Å². The van der Waals surface area contributed by atoms with Crippen molar-refractivity contribution < 1.29 is 32.9 Å². The lowest BCUT2D eigenvalue weighted by molar-refractivity contribution is -0.870. The molecule has 0 radical (unpaired) electrons. The Balaban J connectivity index is 4.17. The van der Waals surface area contributed by atoms with Gasteiger partial charge >= 0.3 is 0 Å². The maximum atomic E-state index is 13.0. The molecule has 416 valence electrons. The molecule has 9 heteroatoms. The summed E-state index contributed by atoms with van der Waals surface area (Å²) in [6, 6.07) is -0.808. The molecule has 0 saturated carbocycles. The number of carbonyl (C=O) groups excluding carboxylic acids is 1. The summed E-state index contributed by atoms with van der Waals surface area (Å²) in [5.74, 6) is -0.170. The minimum absolute atomic E-state index is 0.00913. The van der Waals surface area contributed by atoms with Crippen LogP contribution in [0.4, 0.5) is 0 Å². The highest BCUT2D eigenvalue weighted by atomic mass is 31.2. The number of phosphoric acid groups is 1. The molecular formula is C62H117N2O6P. The highest BCUT2D eigenvalue weighted by molar-refractivity contribution is 7.45. The van der Waals surface area contributed by atoms with E-state index in [4.69, 9.17) is 9.05 Å². The number of allylic oxidation sites excluding steroid dienone is 10. The van der Waals surface area contributed by atoms with Crippen LogP contribution < -0.4 is 10.2 Å². The third kappa shape index (κ3) is 55.8. The van der Waals surface area contributed by atoms with Crippen molar-refractivity contribution in [2.75, 3.05) is 40.9 Å². The van der Waals surface area contributed by atoms with Crippen molar-refractivity contribution in [1.29, 1.82) is 0 Å². The lowest BCUT2D eigenvalue weighted by atomic mass is 10.0. The molecule has 0 saturated heterocycles. The molecule has 0 aromatic carbocycles. The number of aliphatic hydroxyl groups excluding tert-OH is 1. The van der Waals surface area contributed by atoms with Crippen LogP contribution in [0.2, 0.25) is 0 Å². The highest BCUT2D eigenvalue weighted by Crippen LogP contribution is 2.38. The molecule has 0 aliphatic heterocycles. The van der Waals surface area contributed by atoms with Crippen LogP contribution in [0.1, 0.15) is 277 Å². The first-order valence-electron chi connectivity index (χ1n) is 30.1. The molecule has 0 aromatic heterocycles. The molecule has 1 amide bonds. The van der Waals surface area contributed by atoms with E-state index >= 15 is 0 Å². The lowest BCUT2D eigenvalue weighted by Gasteiger charge is -2.30. The zero-order chi connectivity index (χ0) is 52.0. The Morgan fingerprint density at radius 2 is 0.859 bits per heavy atom. The topological polar surface area (TPSA) is 108 Å². The van der Waals surface area contributed by atoms with Gasteiger partial charge in [-0.25, -0.2) is 0 Å². The van der Waals surface area contributed by atoms with Gasteiger partial charge in [0.15, 0.2) is 0 Å². The van der Waals surface area contributed by atoms with Gasteiger partial charge in [0, 0.05) is 6.42 Å². The molecule has 0 spiro atoms. The van der Waals surface area contributed by atoms with Crippen LogP contribution in [0.5, 0.6) is 0 Å². The van der Waals surface area contributed by atoms with E-state index in [0.29, 0.717) is 23.9 Å². The molecule has 8 nitrogen and oxygen atoms in total. The number of unbranched alkanes of at least 4 members (excludes halogenated alkanes) is 32. The van der Waals surface area contributed by atoms with Gasteiger partial charge in [0.2, 0.25) is 5.91 Å². The third-order valence-electron chi connectivity index (χ3n) is 13.5. The number of rotatable bonds is 55. The number of aliphatic hydroxyl groups is 1. The summed E-state index contributed by atoms with van der Waals surface area (Å²) in [5, 5.41) is 14.0. The monoisotopic (exact) mass is 1020 g/mol. The minimum atomic E-state index is -4.58. The molecule has 2 N–H and O–H groups in total. The quantitative estimate of drug-likeness (QED) is 0.0272. The molecular weight excluding hydrogens is 900 g/mol. The van der Waals surface area contributed by atoms with Crippen molar-refractivity contribution in [2.24, 2.45) is 0 Å². The summed E-state index contributed by atoms with van der Waals surface area (Å²) in [5.41, 5.74) is 0. The number of nitrogens with one attached hydrogen (secondary N) is 1. The molecule has 0 heterocycles. The zero-order valence-electron chi connectivity index (χ0n) is 47.4. The van der Waals surface area contributed by atoms with Gasteiger partial charge in [-0.15, -0.1) is 0 Å². The van der Waals surface area contributed by atoms with Crippen LogP contribution in [0.15, 0.2) is 60.8 Å². The fourth-order valence-corrected chi connectivity index (χ4v) is 9.56. The third-order valence-corrected chi connectivity index (χ3v) is 14.5. The average Bonchev–Trinajstić information content (AvgIpc) is 3.33. The van der Waals surface area contributed by atoms with Crippen molar-refractivity contribution in [2.45, 2.75) is 289 Å². The van der Waals surface area contributed by atoms with Crippen LogP contribution in [0.25, 0.3) is 0 Å². The predicted octanol–water partition coefficient (Wildman–Crippen LogP) is 17.9. The SMILES string of the molecule is CC/C=C\C/C=C\C/C=C\C/C=C\C/C=C\CCCCCCCCCCCC(=O)NC(COP(=O)([O-])OCC[N+](C)(C)C)C(O)CCCCCCCCCCCCCCCCCCCCCCCCCC. The van der Waals surface area contributed by atoms with Crippen LogP contribution in [-0.4, -0.2) is 68.5 Å². The van der Waals surface area contributed by atoms with Gasteiger partial charge in [0.25, 0.3) is 7.82 Å². The van der Waals surface area contributed by atoms with Crippen molar-refractivity contribution in [1.82, 2.24) is 5.32 Å². The minimum Gasteiger partial charge on any atom is -0.756 e. The summed E-state index contributed by atoms with van der Waals surface area (Å²) in [4.78, 5) is 25.6. The van der Waals surface area contributed by atoms with Gasteiger partial charge in [-0.3, -0.25) is 9.36 Å². The van der Waals surface area contributed by atoms with Gasteiger partial charge in [-0.1, -0.05) is 274 Å². The highest BCUT2D eigenvalue weighted by Gasteiger charge is 2.24. The Bertz CT molecular complexity index is 1340. The average molecular weight is 1020 g/mol. The van der Waals surface area contributed by atoms with E-state index in [1.807, 2.05) is 21.1 Å². The van der Waals surface area contributed by atoms with E-state index in [1.165, 1.54) is 173 Å². The molecule has 3 unspecified atom stereocenters. The smallest absolute Gasteiger partial charge is 0.268 e. The molecule has 0 aromatic rings. The number of nitrogens with zero attached hydrogens (tertiary/aromatic N) is 1. The number of hydrogen-bond donors (Lipinski definition) is 2. The lowest BCUT2D eigenvalue weighted by Crippen LogP contribution is -2.46. The summed E-state index contributed by atoms with van der Waals surface area (Å²) in [6.07, 6.45) is 71.1. The maximum absolute atomic E-state index is 13.0. The number of amides is 1. The van der Waals surface area contributed by atoms with E-state index in [1.54, 1.807) is 0 Å². The van der Waals surface area contributed by atoms with Crippen molar-refractivity contribution >= 4 is 13.7 Å². The molecule has 0 aliphatic carbocycles. The van der Waals surface area contributed by atoms with Gasteiger partial charge in [-0.05, 0) is 57.8 Å². The molecule has 71 heavy (non-hydrogen) atoms. The molecule has 0 rings (SSSR count). The molecule has 0 bridgehead atoms. The van der Waals surface area contributed by atoms with Crippen molar-refractivity contribution in [3.8, 4) is 0 Å². The maximum Gasteiger partial charge on any atom is 0.268 e. The normalized spacial score (nSPS) is 14.3. The van der Waals surface area contributed by atoms with E-state index in [2.05, 4.69) is 79.9 Å². The molecule has 0 fully saturated rings. The number of phosphoric ester groups is 1. The van der Waals surface area contributed by atoms with Gasteiger partial charge < -0.3 is 28.8 Å². The summed E-state index contributed by atoms with van der Waals surface area (Å²) in [7, 11) is 1.30. The number of hydrogen-bond acceptors (Lipinski definition) is 6. The number of quaternary nitrogens is 1. The number of carbonyl (C=O) groups is 1. The van der Waals surface area contributed by atoms with Gasteiger partial charge in [0.1, 0.15) is 13.2 Å². The Labute approximate surface area is 441 Å². The largest absolute Gasteiger partial charge is 0.756 e. The first kappa shape index (κ1) is 69.2. The Kier molecular flexibility index (Phi) is 51.7. The van der Waals surface area contributed by atoms with Gasteiger partial charge in [-0.2, -0.15) is 0 Å². The summed E-state index contributed by atoms with van der Waals surface area (Å²) < 4.78 is 23.5. The fraction of sp³-hybridized carbons (Fsp3) is 0.823. The Morgan fingerprint density at radius 3 is 1.25 bits per heavy atom. The first-order valence-corrected chi connectivity index (χ1v) is 31.6. The van der Waals surface area contributed by atoms with Crippen molar-refractivity contribution in [3.63, 3.8) is 0 Å². The Hall–Kier alpha value is -1.80. The van der Waals surface area contributed by atoms with Crippen LogP contribution >= 0.6 is 7.82 Å². The fourth-order valence-electron chi connectivity index (χ4n) is 8.83. The van der Waals surface area contributed by atoms with E-state index in [-0.39, 0.29) is 19.1 Å². The van der Waals surface area contributed by atoms with Crippen LogP contribution in [0.3, 0.4) is 0 Å². The standard InChI is InChI=1S/C62H117N2O6P/c1-6-8-10-12-14-16-18-20-22-24-26-28-30-32-34-36-38-40-42-44-46-48-50-52-54-56-62(66)63-60(59-70-71(67,68)69-58-57-64(3,4)5)61(65)55-53-51-49-47-45-43-41-39-37-35-33-31-29-27-25-23-21-19-17-15-13-11-9-7-2/h8,10,14,16,20,22,26,28,32,34,60-61,65H,6-7,9,11-13,15,17-19,21,23-25,27,29-31,33,35-59H2,1-5H3,(H-,63,66,67,68)/b10-8-,16-14-,22-20-,28-26-,34-32-. The second kappa shape index (κ2) is 53.0. The van der Waals surface area contributed by atoms with E-state index in [9.17, 15) is 19.4 Å². The molecule has 0 aliphatic rings. The Morgan fingerprint density at radius 1 is 0.507 bits per heavy atom. The second-order valence-electron chi connectivity index (χ2n) is 21.7. The predicted molar refractivity (Wildman–Crippen MR) is 307 cm³/mol. The van der Waals surface area contributed by atoms with Crippen LogP contribution in [-0.2, 0) is 18.4 Å². The summed E-state index contributed by atoms with van der Waals surface area (Å²) >= 11 is 0. The summed E-state index contributed by atoms with van der Waals surface area (Å²) in [6.45, 7) is 4.63. The van der Waals surface area contributed by atoms with Crippen LogP contribution in [0, 0.1) is 0 Å². The molecule has 3 atom stereocenters.